The smallest absolute Gasteiger partial charge is 0.271 e. The molecule has 0 spiro atoms. The standard InChI is InChI=1S/C23H19N3O6/c1-12(27)20-18-19(21-15-6-4-3-5-13(15)9-10-24(20)21)23(29)25(22(18)28)16-11-14(26(30)31)7-8-17(16)32-2/h3-11,18-21H,1-2H3/t18-,19+,20-,21+/m1/s1. The van der Waals surface area contributed by atoms with Gasteiger partial charge < -0.3 is 9.64 Å². The summed E-state index contributed by atoms with van der Waals surface area (Å²) in [6, 6.07) is 10.0. The lowest BCUT2D eigenvalue weighted by molar-refractivity contribution is -0.384. The van der Waals surface area contributed by atoms with Gasteiger partial charge in [-0.2, -0.15) is 0 Å². The average molecular weight is 433 g/mol. The van der Waals surface area contributed by atoms with Crippen molar-refractivity contribution in [3.8, 4) is 5.75 Å². The molecule has 4 atom stereocenters. The summed E-state index contributed by atoms with van der Waals surface area (Å²) < 4.78 is 5.29. The van der Waals surface area contributed by atoms with Crippen LogP contribution in [0.5, 0.6) is 5.75 Å². The first-order valence-corrected chi connectivity index (χ1v) is 10.1. The van der Waals surface area contributed by atoms with Crippen LogP contribution in [0.15, 0.2) is 48.7 Å². The average Bonchev–Trinajstić information content (AvgIpc) is 3.26. The van der Waals surface area contributed by atoms with Gasteiger partial charge in [-0.05, 0) is 30.2 Å². The Balaban J connectivity index is 1.66. The van der Waals surface area contributed by atoms with Crippen molar-refractivity contribution in [3.63, 3.8) is 0 Å². The van der Waals surface area contributed by atoms with Gasteiger partial charge in [-0.3, -0.25) is 24.5 Å². The van der Waals surface area contributed by atoms with E-state index >= 15 is 0 Å². The lowest BCUT2D eigenvalue weighted by atomic mass is 9.84. The summed E-state index contributed by atoms with van der Waals surface area (Å²) in [5, 5.41) is 11.3. The van der Waals surface area contributed by atoms with Crippen LogP contribution in [0.4, 0.5) is 11.4 Å². The first kappa shape index (κ1) is 19.9. The van der Waals surface area contributed by atoms with Crippen LogP contribution >= 0.6 is 0 Å². The number of methoxy groups -OCH3 is 1. The third-order valence-electron chi connectivity index (χ3n) is 6.49. The molecule has 3 heterocycles. The Morgan fingerprint density at radius 2 is 1.81 bits per heavy atom. The van der Waals surface area contributed by atoms with Gasteiger partial charge in [0.1, 0.15) is 11.4 Å². The van der Waals surface area contributed by atoms with Gasteiger partial charge in [0.05, 0.1) is 36.0 Å². The van der Waals surface area contributed by atoms with E-state index in [4.69, 9.17) is 4.74 Å². The monoisotopic (exact) mass is 433 g/mol. The molecule has 2 aromatic rings. The van der Waals surface area contributed by atoms with Gasteiger partial charge >= 0.3 is 0 Å². The van der Waals surface area contributed by atoms with Crippen molar-refractivity contribution < 1.29 is 24.0 Å². The SMILES string of the molecule is COc1ccc([N+](=O)[O-])cc1N1C(=O)[C@@H]2[C@H](C1=O)[C@@H]1c3ccccc3C=CN1[C@@H]2C(C)=O. The van der Waals surface area contributed by atoms with Gasteiger partial charge in [-0.1, -0.05) is 24.3 Å². The molecule has 2 fully saturated rings. The summed E-state index contributed by atoms with van der Waals surface area (Å²) in [6.07, 6.45) is 3.65. The zero-order chi connectivity index (χ0) is 22.7. The number of carbonyl (C=O) groups is 3. The maximum atomic E-state index is 13.7. The minimum atomic E-state index is -0.898. The highest BCUT2D eigenvalue weighted by atomic mass is 16.6. The number of ether oxygens (including phenoxy) is 1. The topological polar surface area (TPSA) is 110 Å². The number of benzene rings is 2. The van der Waals surface area contributed by atoms with E-state index in [1.165, 1.54) is 26.2 Å². The zero-order valence-corrected chi connectivity index (χ0v) is 17.3. The predicted octanol–water partition coefficient (Wildman–Crippen LogP) is 2.71. The minimum Gasteiger partial charge on any atom is -0.495 e. The number of non-ortho nitro benzene ring substituents is 1. The first-order chi connectivity index (χ1) is 15.3. The number of ketones is 1. The lowest BCUT2D eigenvalue weighted by Crippen LogP contribution is -2.43. The largest absolute Gasteiger partial charge is 0.495 e. The number of imide groups is 1. The van der Waals surface area contributed by atoms with E-state index in [0.717, 1.165) is 22.1 Å². The Morgan fingerprint density at radius 1 is 1.09 bits per heavy atom. The van der Waals surface area contributed by atoms with Crippen molar-refractivity contribution >= 4 is 35.0 Å². The molecule has 0 N–H and O–H groups in total. The molecular formula is C23H19N3O6. The molecule has 3 aliphatic heterocycles. The van der Waals surface area contributed by atoms with Crippen LogP contribution in [-0.2, 0) is 14.4 Å². The summed E-state index contributed by atoms with van der Waals surface area (Å²) in [5.74, 6) is -2.81. The van der Waals surface area contributed by atoms with Crippen molar-refractivity contribution in [2.45, 2.75) is 19.0 Å². The Morgan fingerprint density at radius 3 is 2.50 bits per heavy atom. The van der Waals surface area contributed by atoms with Crippen LogP contribution in [-0.4, -0.2) is 40.6 Å². The van der Waals surface area contributed by atoms with Crippen LogP contribution in [0.25, 0.3) is 6.08 Å². The van der Waals surface area contributed by atoms with E-state index in [2.05, 4.69) is 0 Å². The van der Waals surface area contributed by atoms with Crippen LogP contribution in [0.3, 0.4) is 0 Å². The van der Waals surface area contributed by atoms with Gasteiger partial charge in [0.15, 0.2) is 5.78 Å². The van der Waals surface area contributed by atoms with E-state index < -0.39 is 40.7 Å². The number of amides is 2. The second kappa shape index (κ2) is 7.01. The maximum Gasteiger partial charge on any atom is 0.271 e. The number of fused-ring (bicyclic) bond motifs is 5. The number of nitrogens with zero attached hydrogens (tertiary/aromatic N) is 3. The minimum absolute atomic E-state index is 0.0135. The van der Waals surface area contributed by atoms with Gasteiger partial charge in [-0.25, -0.2) is 4.90 Å². The van der Waals surface area contributed by atoms with Crippen molar-refractivity contribution in [1.82, 2.24) is 4.90 Å². The summed E-state index contributed by atoms with van der Waals surface area (Å²) in [4.78, 5) is 53.4. The fraction of sp³-hybridized carbons (Fsp3) is 0.261. The van der Waals surface area contributed by atoms with E-state index in [0.29, 0.717) is 0 Å². The first-order valence-electron chi connectivity index (χ1n) is 10.1. The van der Waals surface area contributed by atoms with Crippen LogP contribution in [0, 0.1) is 22.0 Å². The molecule has 2 amide bonds. The number of rotatable bonds is 4. The molecule has 2 aromatic carbocycles. The molecule has 0 radical (unpaired) electrons. The number of hydrogen-bond acceptors (Lipinski definition) is 7. The quantitative estimate of drug-likeness (QED) is 0.414. The highest BCUT2D eigenvalue weighted by Crippen LogP contribution is 2.54. The van der Waals surface area contributed by atoms with E-state index in [9.17, 15) is 24.5 Å². The summed E-state index contributed by atoms with van der Waals surface area (Å²) in [6.45, 7) is 1.41. The molecule has 0 aliphatic carbocycles. The molecule has 0 bridgehead atoms. The predicted molar refractivity (Wildman–Crippen MR) is 114 cm³/mol. The van der Waals surface area contributed by atoms with Crippen LogP contribution in [0.2, 0.25) is 0 Å². The summed E-state index contributed by atoms with van der Waals surface area (Å²) >= 11 is 0. The highest BCUT2D eigenvalue weighted by molar-refractivity contribution is 6.24. The molecule has 0 saturated carbocycles. The summed E-state index contributed by atoms with van der Waals surface area (Å²) in [5.41, 5.74) is 1.53. The zero-order valence-electron chi connectivity index (χ0n) is 17.3. The molecule has 0 unspecified atom stereocenters. The van der Waals surface area contributed by atoms with Crippen molar-refractivity contribution in [2.75, 3.05) is 12.0 Å². The van der Waals surface area contributed by atoms with Crippen molar-refractivity contribution in [2.24, 2.45) is 11.8 Å². The number of anilines is 1. The maximum absolute atomic E-state index is 13.7. The second-order valence-electron chi connectivity index (χ2n) is 8.07. The van der Waals surface area contributed by atoms with E-state index in [-0.39, 0.29) is 22.9 Å². The summed E-state index contributed by atoms with van der Waals surface area (Å²) in [7, 11) is 1.36. The number of carbonyl (C=O) groups excluding carboxylic acids is 3. The third-order valence-corrected chi connectivity index (χ3v) is 6.49. The Kier molecular flexibility index (Phi) is 4.37. The molecule has 3 aliphatic rings. The second-order valence-corrected chi connectivity index (χ2v) is 8.07. The van der Waals surface area contributed by atoms with E-state index in [1.54, 1.807) is 11.1 Å². The van der Waals surface area contributed by atoms with Gasteiger partial charge in [0, 0.05) is 18.3 Å². The normalized spacial score (nSPS) is 25.4. The van der Waals surface area contributed by atoms with Crippen molar-refractivity contribution in [1.29, 1.82) is 0 Å². The number of nitro benzene ring substituents is 1. The fourth-order valence-corrected chi connectivity index (χ4v) is 5.23. The molecule has 2 saturated heterocycles. The Labute approximate surface area is 183 Å². The lowest BCUT2D eigenvalue weighted by Gasteiger charge is -2.35. The Bertz CT molecular complexity index is 1220. The molecule has 9 heteroatoms. The number of hydrogen-bond donors (Lipinski definition) is 0. The molecule has 162 valence electrons. The van der Waals surface area contributed by atoms with E-state index in [1.807, 2.05) is 30.3 Å². The van der Waals surface area contributed by atoms with Crippen molar-refractivity contribution in [3.05, 3.63) is 69.9 Å². The molecule has 5 rings (SSSR count). The number of nitro groups is 1. The molecule has 9 nitrogen and oxygen atoms in total. The molecule has 32 heavy (non-hydrogen) atoms. The molecular weight excluding hydrogens is 414 g/mol. The Hall–Kier alpha value is -4.01. The molecule has 0 aromatic heterocycles. The fourth-order valence-electron chi connectivity index (χ4n) is 5.23. The highest BCUT2D eigenvalue weighted by Gasteiger charge is 2.64. The van der Waals surface area contributed by atoms with Gasteiger partial charge in [-0.15, -0.1) is 0 Å². The van der Waals surface area contributed by atoms with Crippen LogP contribution in [0.1, 0.15) is 24.1 Å². The van der Waals surface area contributed by atoms with Gasteiger partial charge in [0.25, 0.3) is 5.69 Å². The number of Topliss-reactive ketones (excluding diaryl/α,β-unsaturated/α-hetero) is 1. The van der Waals surface area contributed by atoms with Crippen LogP contribution < -0.4 is 9.64 Å². The third kappa shape index (κ3) is 2.60. The van der Waals surface area contributed by atoms with Gasteiger partial charge in [0.2, 0.25) is 11.8 Å².